The second-order valence-electron chi connectivity index (χ2n) is 4.05. The fourth-order valence-electron chi connectivity index (χ4n) is 1.86. The Balaban J connectivity index is 2.23. The Morgan fingerprint density at radius 2 is 1.94 bits per heavy atom. The molecule has 0 unspecified atom stereocenters. The first kappa shape index (κ1) is 9.84. The van der Waals surface area contributed by atoms with E-state index < -0.39 is 0 Å². The van der Waals surface area contributed by atoms with E-state index in [2.05, 4.69) is 27.5 Å². The van der Waals surface area contributed by atoms with E-state index in [9.17, 15) is 0 Å². The number of pyridine rings is 2. The van der Waals surface area contributed by atoms with Crippen molar-refractivity contribution in [2.24, 2.45) is 0 Å². The lowest BCUT2D eigenvalue weighted by atomic mass is 10.2. The first-order valence-corrected chi connectivity index (χ1v) is 5.40. The predicted octanol–water partition coefficient (Wildman–Crippen LogP) is 2.29. The summed E-state index contributed by atoms with van der Waals surface area (Å²) in [6.07, 6.45) is 5.68. The Bertz CT molecular complexity index is 667. The molecule has 0 aliphatic rings. The fourth-order valence-corrected chi connectivity index (χ4v) is 1.86. The van der Waals surface area contributed by atoms with Gasteiger partial charge in [0, 0.05) is 18.0 Å². The van der Waals surface area contributed by atoms with Crippen molar-refractivity contribution in [2.75, 3.05) is 5.73 Å². The number of aromatic nitrogens is 3. The van der Waals surface area contributed by atoms with Crippen LogP contribution in [0.4, 0.5) is 5.82 Å². The molecule has 3 rings (SSSR count). The number of hydrogen-bond acceptors (Lipinski definition) is 3. The highest BCUT2D eigenvalue weighted by Crippen LogP contribution is 2.20. The number of anilines is 1. The third-order valence-electron chi connectivity index (χ3n) is 2.74. The van der Waals surface area contributed by atoms with Gasteiger partial charge < -0.3 is 5.73 Å². The van der Waals surface area contributed by atoms with Crippen LogP contribution < -0.4 is 5.73 Å². The SMILES string of the molecule is Cc1ccc2ncc(-c3ccc(N)nc3)n2c1. The van der Waals surface area contributed by atoms with Crippen LogP contribution in [0.2, 0.25) is 0 Å². The molecule has 4 nitrogen and oxygen atoms in total. The summed E-state index contributed by atoms with van der Waals surface area (Å²) >= 11 is 0. The second kappa shape index (κ2) is 3.59. The highest BCUT2D eigenvalue weighted by atomic mass is 15.0. The molecular weight excluding hydrogens is 212 g/mol. The zero-order valence-corrected chi connectivity index (χ0v) is 9.46. The van der Waals surface area contributed by atoms with Crippen molar-refractivity contribution < 1.29 is 0 Å². The quantitative estimate of drug-likeness (QED) is 0.690. The molecule has 0 bridgehead atoms. The number of nitrogen functional groups attached to an aromatic ring is 1. The van der Waals surface area contributed by atoms with Gasteiger partial charge in [0.15, 0.2) is 0 Å². The minimum atomic E-state index is 0.527. The van der Waals surface area contributed by atoms with E-state index in [1.807, 2.05) is 24.4 Å². The van der Waals surface area contributed by atoms with Gasteiger partial charge in [0.25, 0.3) is 0 Å². The van der Waals surface area contributed by atoms with E-state index in [4.69, 9.17) is 5.73 Å². The van der Waals surface area contributed by atoms with Crippen molar-refractivity contribution in [3.63, 3.8) is 0 Å². The lowest BCUT2D eigenvalue weighted by Gasteiger charge is -2.02. The summed E-state index contributed by atoms with van der Waals surface area (Å²) in [6, 6.07) is 7.80. The van der Waals surface area contributed by atoms with Gasteiger partial charge in [-0.1, -0.05) is 6.07 Å². The minimum absolute atomic E-state index is 0.527. The van der Waals surface area contributed by atoms with Crippen LogP contribution >= 0.6 is 0 Å². The lowest BCUT2D eigenvalue weighted by molar-refractivity contribution is 1.16. The van der Waals surface area contributed by atoms with Crippen LogP contribution in [0.5, 0.6) is 0 Å². The topological polar surface area (TPSA) is 56.2 Å². The van der Waals surface area contributed by atoms with Crippen molar-refractivity contribution in [1.29, 1.82) is 0 Å². The normalized spacial score (nSPS) is 10.9. The van der Waals surface area contributed by atoms with Gasteiger partial charge in [0.05, 0.1) is 11.9 Å². The van der Waals surface area contributed by atoms with Crippen LogP contribution in [0.25, 0.3) is 16.9 Å². The van der Waals surface area contributed by atoms with Gasteiger partial charge in [0.1, 0.15) is 11.5 Å². The maximum absolute atomic E-state index is 5.58. The van der Waals surface area contributed by atoms with E-state index in [-0.39, 0.29) is 0 Å². The largest absolute Gasteiger partial charge is 0.384 e. The molecule has 0 atom stereocenters. The number of aryl methyl sites for hydroxylation is 1. The van der Waals surface area contributed by atoms with E-state index >= 15 is 0 Å². The summed E-state index contributed by atoms with van der Waals surface area (Å²) in [5, 5.41) is 0. The standard InChI is InChI=1S/C13H12N4/c1-9-2-5-13-16-7-11(17(13)8-9)10-3-4-12(14)15-6-10/h2-8H,1H3,(H2,14,15). The third-order valence-corrected chi connectivity index (χ3v) is 2.74. The number of imidazole rings is 1. The number of fused-ring (bicyclic) bond motifs is 1. The predicted molar refractivity (Wildman–Crippen MR) is 67.6 cm³/mol. The van der Waals surface area contributed by atoms with Crippen molar-refractivity contribution in [3.8, 4) is 11.3 Å². The Morgan fingerprint density at radius 1 is 1.06 bits per heavy atom. The van der Waals surface area contributed by atoms with Gasteiger partial charge in [0.2, 0.25) is 0 Å². The van der Waals surface area contributed by atoms with Crippen molar-refractivity contribution in [2.45, 2.75) is 6.92 Å². The van der Waals surface area contributed by atoms with Crippen LogP contribution in [-0.2, 0) is 0 Å². The maximum atomic E-state index is 5.58. The monoisotopic (exact) mass is 224 g/mol. The molecule has 84 valence electrons. The maximum Gasteiger partial charge on any atom is 0.137 e. The Morgan fingerprint density at radius 3 is 2.71 bits per heavy atom. The van der Waals surface area contributed by atoms with Crippen molar-refractivity contribution >= 4 is 11.5 Å². The highest BCUT2D eigenvalue weighted by molar-refractivity contribution is 5.63. The molecule has 0 spiro atoms. The van der Waals surface area contributed by atoms with E-state index in [1.165, 1.54) is 5.56 Å². The van der Waals surface area contributed by atoms with Crippen LogP contribution in [-0.4, -0.2) is 14.4 Å². The highest BCUT2D eigenvalue weighted by Gasteiger charge is 2.05. The molecule has 0 fully saturated rings. The summed E-state index contributed by atoms with van der Waals surface area (Å²) < 4.78 is 2.06. The molecule has 0 amide bonds. The van der Waals surface area contributed by atoms with Crippen LogP contribution in [0.3, 0.4) is 0 Å². The molecule has 0 aromatic carbocycles. The molecule has 0 radical (unpaired) electrons. The van der Waals surface area contributed by atoms with Gasteiger partial charge in [-0.25, -0.2) is 9.97 Å². The molecule has 3 aromatic heterocycles. The first-order chi connectivity index (χ1) is 8.24. The molecule has 3 aromatic rings. The molecule has 3 heterocycles. The minimum Gasteiger partial charge on any atom is -0.384 e. The van der Waals surface area contributed by atoms with Gasteiger partial charge in [-0.05, 0) is 30.7 Å². The average molecular weight is 224 g/mol. The molecule has 4 heteroatoms. The molecular formula is C13H12N4. The van der Waals surface area contributed by atoms with Crippen LogP contribution in [0, 0.1) is 6.92 Å². The molecule has 0 saturated carbocycles. The molecule has 0 aliphatic heterocycles. The van der Waals surface area contributed by atoms with Gasteiger partial charge in [-0.15, -0.1) is 0 Å². The smallest absolute Gasteiger partial charge is 0.137 e. The van der Waals surface area contributed by atoms with Gasteiger partial charge in [-0.3, -0.25) is 4.40 Å². The summed E-state index contributed by atoms with van der Waals surface area (Å²) in [4.78, 5) is 8.46. The Hall–Kier alpha value is -2.36. The number of hydrogen-bond donors (Lipinski definition) is 1. The molecule has 0 aliphatic carbocycles. The lowest BCUT2D eigenvalue weighted by Crippen LogP contribution is -1.92. The number of nitrogens with two attached hydrogens (primary N) is 1. The van der Waals surface area contributed by atoms with Crippen LogP contribution in [0.1, 0.15) is 5.56 Å². The Labute approximate surface area is 98.8 Å². The van der Waals surface area contributed by atoms with Crippen molar-refractivity contribution in [1.82, 2.24) is 14.4 Å². The van der Waals surface area contributed by atoms with Gasteiger partial charge >= 0.3 is 0 Å². The average Bonchev–Trinajstić information content (AvgIpc) is 2.73. The van der Waals surface area contributed by atoms with Crippen LogP contribution in [0.15, 0.2) is 42.9 Å². The fraction of sp³-hybridized carbons (Fsp3) is 0.0769. The number of nitrogens with zero attached hydrogens (tertiary/aromatic N) is 3. The Kier molecular flexibility index (Phi) is 2.08. The number of rotatable bonds is 1. The van der Waals surface area contributed by atoms with E-state index in [1.54, 1.807) is 12.3 Å². The second-order valence-corrected chi connectivity index (χ2v) is 4.05. The van der Waals surface area contributed by atoms with Crippen molar-refractivity contribution in [3.05, 3.63) is 48.4 Å². The zero-order valence-electron chi connectivity index (χ0n) is 9.46. The summed E-state index contributed by atoms with van der Waals surface area (Å²) in [7, 11) is 0. The molecule has 2 N–H and O–H groups in total. The van der Waals surface area contributed by atoms with E-state index in [0.717, 1.165) is 16.9 Å². The third kappa shape index (κ3) is 1.63. The molecule has 17 heavy (non-hydrogen) atoms. The van der Waals surface area contributed by atoms with E-state index in [0.29, 0.717) is 5.82 Å². The summed E-state index contributed by atoms with van der Waals surface area (Å²) in [5.41, 5.74) is 9.75. The van der Waals surface area contributed by atoms with Gasteiger partial charge in [-0.2, -0.15) is 0 Å². The zero-order chi connectivity index (χ0) is 11.8. The first-order valence-electron chi connectivity index (χ1n) is 5.40. The molecule has 0 saturated heterocycles. The summed E-state index contributed by atoms with van der Waals surface area (Å²) in [5.74, 6) is 0.527. The summed E-state index contributed by atoms with van der Waals surface area (Å²) in [6.45, 7) is 2.06.